The van der Waals surface area contributed by atoms with Gasteiger partial charge in [0.15, 0.2) is 5.82 Å². The summed E-state index contributed by atoms with van der Waals surface area (Å²) in [6.45, 7) is 3.41. The van der Waals surface area contributed by atoms with Crippen molar-refractivity contribution >= 4 is 5.91 Å². The number of nitrogens with one attached hydrogen (secondary N) is 1. The maximum atomic E-state index is 11.3. The van der Waals surface area contributed by atoms with Crippen molar-refractivity contribution in [3.8, 4) is 0 Å². The third-order valence-corrected chi connectivity index (χ3v) is 2.33. The summed E-state index contributed by atoms with van der Waals surface area (Å²) in [5.74, 6) is 1.48. The van der Waals surface area contributed by atoms with Crippen LogP contribution < -0.4 is 5.32 Å². The zero-order chi connectivity index (χ0) is 12.7. The summed E-state index contributed by atoms with van der Waals surface area (Å²) in [7, 11) is 3.54. The number of nitrogens with zero attached hydrogens (tertiary/aromatic N) is 3. The van der Waals surface area contributed by atoms with Crippen LogP contribution in [0.2, 0.25) is 0 Å². The Bertz CT molecular complexity index is 349. The van der Waals surface area contributed by atoms with Crippen LogP contribution >= 0.6 is 0 Å². The van der Waals surface area contributed by atoms with Gasteiger partial charge >= 0.3 is 0 Å². The number of hydrogen-bond donors (Lipinski definition) is 1. The molecule has 0 aliphatic heterocycles. The van der Waals surface area contributed by atoms with E-state index in [0.717, 1.165) is 25.9 Å². The van der Waals surface area contributed by atoms with E-state index in [9.17, 15) is 4.79 Å². The van der Waals surface area contributed by atoms with Crippen LogP contribution in [0.1, 0.15) is 24.6 Å². The minimum atomic E-state index is 0.166. The maximum Gasteiger partial charge on any atom is 0.227 e. The summed E-state index contributed by atoms with van der Waals surface area (Å²) < 4.78 is 4.98. The van der Waals surface area contributed by atoms with E-state index in [1.54, 1.807) is 25.9 Å². The Hall–Kier alpha value is -1.43. The third kappa shape index (κ3) is 5.44. The van der Waals surface area contributed by atoms with Gasteiger partial charge < -0.3 is 14.7 Å². The standard InChI is InChI=1S/C11H20N4O2/c1-9-13-10(17-14-9)6-8-12-7-4-5-11(16)15(2)3/h12H,4-8H2,1-3H3. The first-order valence-corrected chi connectivity index (χ1v) is 5.79. The molecule has 0 atom stereocenters. The van der Waals surface area contributed by atoms with Gasteiger partial charge in [-0.15, -0.1) is 0 Å². The molecule has 0 radical (unpaired) electrons. The summed E-state index contributed by atoms with van der Waals surface area (Å²) in [6, 6.07) is 0. The summed E-state index contributed by atoms with van der Waals surface area (Å²) in [6.07, 6.45) is 2.15. The maximum absolute atomic E-state index is 11.3. The normalized spacial score (nSPS) is 10.5. The molecule has 0 fully saturated rings. The average molecular weight is 240 g/mol. The second kappa shape index (κ2) is 7.01. The molecular weight excluding hydrogens is 220 g/mol. The fourth-order valence-electron chi connectivity index (χ4n) is 1.35. The van der Waals surface area contributed by atoms with Gasteiger partial charge in [-0.1, -0.05) is 5.16 Å². The Kier molecular flexibility index (Phi) is 5.62. The minimum Gasteiger partial charge on any atom is -0.349 e. The van der Waals surface area contributed by atoms with E-state index in [-0.39, 0.29) is 5.91 Å². The Morgan fingerprint density at radius 2 is 2.18 bits per heavy atom. The van der Waals surface area contributed by atoms with Crippen LogP contribution in [0.4, 0.5) is 0 Å². The lowest BCUT2D eigenvalue weighted by molar-refractivity contribution is -0.128. The lowest BCUT2D eigenvalue weighted by Crippen LogP contribution is -2.24. The molecule has 0 unspecified atom stereocenters. The van der Waals surface area contributed by atoms with Crippen molar-refractivity contribution in [3.05, 3.63) is 11.7 Å². The molecule has 0 saturated carbocycles. The molecule has 6 nitrogen and oxygen atoms in total. The van der Waals surface area contributed by atoms with Crippen molar-refractivity contribution in [2.75, 3.05) is 27.2 Å². The van der Waals surface area contributed by atoms with Gasteiger partial charge in [-0.2, -0.15) is 4.98 Å². The Balaban J connectivity index is 2.00. The van der Waals surface area contributed by atoms with Gasteiger partial charge in [-0.25, -0.2) is 0 Å². The van der Waals surface area contributed by atoms with E-state index < -0.39 is 0 Å². The Morgan fingerprint density at radius 3 is 2.76 bits per heavy atom. The van der Waals surface area contributed by atoms with Gasteiger partial charge in [-0.05, 0) is 19.9 Å². The predicted octanol–water partition coefficient (Wildman–Crippen LogP) is 0.379. The number of amides is 1. The summed E-state index contributed by atoms with van der Waals surface area (Å²) >= 11 is 0. The van der Waals surface area contributed by atoms with Gasteiger partial charge in [-0.3, -0.25) is 4.79 Å². The molecule has 1 aromatic heterocycles. The number of rotatable bonds is 7. The van der Waals surface area contributed by atoms with Crippen LogP contribution in [0.15, 0.2) is 4.52 Å². The number of aromatic nitrogens is 2. The third-order valence-electron chi connectivity index (χ3n) is 2.33. The first-order chi connectivity index (χ1) is 8.09. The van der Waals surface area contributed by atoms with Crippen molar-refractivity contribution in [3.63, 3.8) is 0 Å². The molecule has 1 N–H and O–H groups in total. The summed E-state index contributed by atoms with van der Waals surface area (Å²) in [5.41, 5.74) is 0. The van der Waals surface area contributed by atoms with Crippen molar-refractivity contribution in [2.24, 2.45) is 0 Å². The molecule has 1 rings (SSSR count). The number of aryl methyl sites for hydroxylation is 1. The first-order valence-electron chi connectivity index (χ1n) is 5.79. The Labute approximate surface area is 101 Å². The van der Waals surface area contributed by atoms with Crippen LogP contribution in [-0.4, -0.2) is 48.1 Å². The van der Waals surface area contributed by atoms with Crippen molar-refractivity contribution in [2.45, 2.75) is 26.2 Å². The summed E-state index contributed by atoms with van der Waals surface area (Å²) in [5, 5.41) is 6.95. The van der Waals surface area contributed by atoms with Crippen molar-refractivity contribution in [1.29, 1.82) is 0 Å². The minimum absolute atomic E-state index is 0.166. The van der Waals surface area contributed by atoms with Crippen LogP contribution in [0.3, 0.4) is 0 Å². The number of carbonyl (C=O) groups is 1. The highest BCUT2D eigenvalue weighted by Gasteiger charge is 2.03. The monoisotopic (exact) mass is 240 g/mol. The first kappa shape index (κ1) is 13.6. The molecule has 6 heteroatoms. The van der Waals surface area contributed by atoms with Crippen molar-refractivity contribution < 1.29 is 9.32 Å². The van der Waals surface area contributed by atoms with E-state index in [1.165, 1.54) is 0 Å². The van der Waals surface area contributed by atoms with Gasteiger partial charge in [0.05, 0.1) is 0 Å². The highest BCUT2D eigenvalue weighted by molar-refractivity contribution is 5.75. The van der Waals surface area contributed by atoms with Crippen LogP contribution in [-0.2, 0) is 11.2 Å². The summed E-state index contributed by atoms with van der Waals surface area (Å²) in [4.78, 5) is 17.0. The zero-order valence-corrected chi connectivity index (χ0v) is 10.7. The van der Waals surface area contributed by atoms with Crippen LogP contribution in [0, 0.1) is 6.92 Å². The molecule has 0 aromatic carbocycles. The fourth-order valence-corrected chi connectivity index (χ4v) is 1.35. The topological polar surface area (TPSA) is 71.3 Å². The highest BCUT2D eigenvalue weighted by Crippen LogP contribution is 1.96. The van der Waals surface area contributed by atoms with E-state index >= 15 is 0 Å². The van der Waals surface area contributed by atoms with Crippen LogP contribution in [0.25, 0.3) is 0 Å². The second-order valence-corrected chi connectivity index (χ2v) is 4.13. The molecule has 1 amide bonds. The van der Waals surface area contributed by atoms with Gasteiger partial charge in [0.2, 0.25) is 11.8 Å². The molecule has 96 valence electrons. The molecule has 0 spiro atoms. The fraction of sp³-hybridized carbons (Fsp3) is 0.727. The smallest absolute Gasteiger partial charge is 0.227 e. The van der Waals surface area contributed by atoms with Crippen LogP contribution in [0.5, 0.6) is 0 Å². The molecule has 1 aromatic rings. The van der Waals surface area contributed by atoms with Gasteiger partial charge in [0.1, 0.15) is 0 Å². The molecule has 0 aliphatic rings. The zero-order valence-electron chi connectivity index (χ0n) is 10.7. The molecule has 0 aliphatic carbocycles. The predicted molar refractivity (Wildman–Crippen MR) is 63.5 cm³/mol. The SMILES string of the molecule is Cc1noc(CCNCCCC(=O)N(C)C)n1. The lowest BCUT2D eigenvalue weighted by atomic mass is 10.3. The second-order valence-electron chi connectivity index (χ2n) is 4.13. The van der Waals surface area contributed by atoms with Gasteiger partial charge in [0.25, 0.3) is 0 Å². The van der Waals surface area contributed by atoms with Crippen molar-refractivity contribution in [1.82, 2.24) is 20.4 Å². The van der Waals surface area contributed by atoms with E-state index in [0.29, 0.717) is 18.1 Å². The molecule has 0 saturated heterocycles. The van der Waals surface area contributed by atoms with E-state index in [1.807, 2.05) is 0 Å². The van der Waals surface area contributed by atoms with E-state index in [4.69, 9.17) is 4.52 Å². The van der Waals surface area contributed by atoms with E-state index in [2.05, 4.69) is 15.5 Å². The molecule has 0 bridgehead atoms. The number of carbonyl (C=O) groups excluding carboxylic acids is 1. The Morgan fingerprint density at radius 1 is 1.41 bits per heavy atom. The lowest BCUT2D eigenvalue weighted by Gasteiger charge is -2.09. The highest BCUT2D eigenvalue weighted by atomic mass is 16.5. The largest absolute Gasteiger partial charge is 0.349 e. The molecular formula is C11H20N4O2. The number of hydrogen-bond acceptors (Lipinski definition) is 5. The quantitative estimate of drug-likeness (QED) is 0.698. The average Bonchev–Trinajstić information content (AvgIpc) is 2.68. The molecule has 1 heterocycles. The molecule has 17 heavy (non-hydrogen) atoms. The van der Waals surface area contributed by atoms with Gasteiger partial charge in [0, 0.05) is 33.5 Å².